The van der Waals surface area contributed by atoms with Gasteiger partial charge in [0.2, 0.25) is 5.91 Å². The molecule has 25 heavy (non-hydrogen) atoms. The predicted molar refractivity (Wildman–Crippen MR) is 112 cm³/mol. The molecule has 1 aliphatic heterocycles. The fourth-order valence-corrected chi connectivity index (χ4v) is 2.32. The van der Waals surface area contributed by atoms with Gasteiger partial charge in [0, 0.05) is 31.8 Å². The lowest BCUT2D eigenvalue weighted by atomic mass is 10.1. The Morgan fingerprint density at radius 2 is 2.08 bits per heavy atom. The number of guanidine groups is 1. The van der Waals surface area contributed by atoms with E-state index in [0.717, 1.165) is 39.0 Å². The maximum Gasteiger partial charge on any atom is 0.242 e. The molecule has 3 N–H and O–H groups in total. The standard InChI is InChI=1S/C17H34N4O3.HI/c1-5-18-16(20-12-15(22)21-17(2,3)4)19-9-7-10-23-13-14-8-6-11-24-14;/h14H,5-13H2,1-4H3,(H,21,22)(H2,18,19,20);1H. The molecule has 8 heteroatoms. The number of amides is 1. The van der Waals surface area contributed by atoms with Crippen LogP contribution < -0.4 is 16.0 Å². The van der Waals surface area contributed by atoms with Crippen LogP contribution in [-0.4, -0.2) is 63.0 Å². The number of ether oxygens (including phenoxy) is 2. The molecular formula is C17H35IN4O3. The summed E-state index contributed by atoms with van der Waals surface area (Å²) in [6.45, 7) is 11.7. The third-order valence-corrected chi connectivity index (χ3v) is 3.33. The average Bonchev–Trinajstić information content (AvgIpc) is 2.99. The van der Waals surface area contributed by atoms with Crippen LogP contribution in [0.2, 0.25) is 0 Å². The van der Waals surface area contributed by atoms with E-state index in [4.69, 9.17) is 9.47 Å². The van der Waals surface area contributed by atoms with Crippen molar-refractivity contribution >= 4 is 35.8 Å². The molecule has 1 rings (SSSR count). The van der Waals surface area contributed by atoms with E-state index >= 15 is 0 Å². The molecule has 1 fully saturated rings. The van der Waals surface area contributed by atoms with E-state index in [1.165, 1.54) is 0 Å². The van der Waals surface area contributed by atoms with Crippen LogP contribution in [0.5, 0.6) is 0 Å². The lowest BCUT2D eigenvalue weighted by molar-refractivity contribution is -0.121. The van der Waals surface area contributed by atoms with E-state index in [-0.39, 0.29) is 48.1 Å². The monoisotopic (exact) mass is 470 g/mol. The van der Waals surface area contributed by atoms with Crippen molar-refractivity contribution in [3.8, 4) is 0 Å². The highest BCUT2D eigenvalue weighted by Crippen LogP contribution is 2.11. The summed E-state index contributed by atoms with van der Waals surface area (Å²) in [5.41, 5.74) is -0.237. The van der Waals surface area contributed by atoms with Crippen LogP contribution in [0.1, 0.15) is 47.0 Å². The number of rotatable bonds is 9. The molecule has 1 atom stereocenters. The van der Waals surface area contributed by atoms with Crippen LogP contribution in [0.25, 0.3) is 0 Å². The maximum atomic E-state index is 11.8. The van der Waals surface area contributed by atoms with Crippen LogP contribution in [0.4, 0.5) is 0 Å². The van der Waals surface area contributed by atoms with Crippen molar-refractivity contribution in [2.45, 2.75) is 58.6 Å². The summed E-state index contributed by atoms with van der Waals surface area (Å²) in [5.74, 6) is 0.570. The number of carbonyl (C=O) groups excluding carboxylic acids is 1. The molecule has 1 amide bonds. The van der Waals surface area contributed by atoms with Crippen molar-refractivity contribution in [2.75, 3.05) is 39.5 Å². The first-order chi connectivity index (χ1) is 11.4. The van der Waals surface area contributed by atoms with Crippen molar-refractivity contribution < 1.29 is 14.3 Å². The summed E-state index contributed by atoms with van der Waals surface area (Å²) in [6, 6.07) is 0. The van der Waals surface area contributed by atoms with Gasteiger partial charge in [-0.25, -0.2) is 4.99 Å². The van der Waals surface area contributed by atoms with Gasteiger partial charge in [0.25, 0.3) is 0 Å². The second-order valence-corrected chi connectivity index (χ2v) is 6.98. The summed E-state index contributed by atoms with van der Waals surface area (Å²) in [5, 5.41) is 9.24. The molecular weight excluding hydrogens is 435 g/mol. The molecule has 0 aromatic rings. The van der Waals surface area contributed by atoms with Crippen LogP contribution in [0.15, 0.2) is 4.99 Å². The number of aliphatic imine (C=N–C) groups is 1. The Hall–Kier alpha value is -0.610. The Morgan fingerprint density at radius 3 is 2.68 bits per heavy atom. The third-order valence-electron chi connectivity index (χ3n) is 3.33. The molecule has 0 spiro atoms. The number of nitrogens with one attached hydrogen (secondary N) is 3. The lowest BCUT2D eigenvalue weighted by Crippen LogP contribution is -2.43. The van der Waals surface area contributed by atoms with Gasteiger partial charge in [-0.3, -0.25) is 4.79 Å². The van der Waals surface area contributed by atoms with E-state index in [2.05, 4.69) is 20.9 Å². The molecule has 0 saturated carbocycles. The number of carbonyl (C=O) groups is 1. The second kappa shape index (κ2) is 13.6. The molecule has 1 aliphatic rings. The van der Waals surface area contributed by atoms with Gasteiger partial charge in [-0.15, -0.1) is 24.0 Å². The van der Waals surface area contributed by atoms with Gasteiger partial charge in [0.15, 0.2) is 5.96 Å². The highest BCUT2D eigenvalue weighted by atomic mass is 127. The highest BCUT2D eigenvalue weighted by molar-refractivity contribution is 14.0. The Morgan fingerprint density at radius 1 is 1.32 bits per heavy atom. The van der Waals surface area contributed by atoms with Crippen molar-refractivity contribution in [3.63, 3.8) is 0 Å². The Kier molecular flexibility index (Phi) is 13.2. The van der Waals surface area contributed by atoms with E-state index < -0.39 is 0 Å². The molecule has 0 aromatic carbocycles. The fraction of sp³-hybridized carbons (Fsp3) is 0.882. The van der Waals surface area contributed by atoms with Gasteiger partial charge in [-0.1, -0.05) is 0 Å². The number of nitrogens with zero attached hydrogens (tertiary/aromatic N) is 1. The van der Waals surface area contributed by atoms with Crippen molar-refractivity contribution in [1.29, 1.82) is 0 Å². The van der Waals surface area contributed by atoms with Gasteiger partial charge in [0.05, 0.1) is 12.7 Å². The van der Waals surface area contributed by atoms with Crippen molar-refractivity contribution in [1.82, 2.24) is 16.0 Å². The first-order valence-corrected chi connectivity index (χ1v) is 8.93. The Balaban J connectivity index is 0.00000576. The Labute approximate surface area is 169 Å². The number of hydrogen-bond acceptors (Lipinski definition) is 4. The normalized spacial score (nSPS) is 17.8. The minimum absolute atomic E-state index is 0. The first kappa shape index (κ1) is 24.4. The Bertz CT molecular complexity index is 394. The number of halogens is 1. The zero-order chi connectivity index (χ0) is 17.8. The minimum Gasteiger partial charge on any atom is -0.379 e. The molecule has 0 aliphatic carbocycles. The van der Waals surface area contributed by atoms with Crippen molar-refractivity contribution in [3.05, 3.63) is 0 Å². The minimum atomic E-state index is -0.237. The number of hydrogen-bond donors (Lipinski definition) is 3. The van der Waals surface area contributed by atoms with E-state index in [9.17, 15) is 4.79 Å². The second-order valence-electron chi connectivity index (χ2n) is 6.98. The fourth-order valence-electron chi connectivity index (χ4n) is 2.32. The first-order valence-electron chi connectivity index (χ1n) is 8.93. The van der Waals surface area contributed by atoms with Crippen molar-refractivity contribution in [2.24, 2.45) is 4.99 Å². The zero-order valence-corrected chi connectivity index (χ0v) is 18.4. The molecule has 1 unspecified atom stereocenters. The summed E-state index contributed by atoms with van der Waals surface area (Å²) < 4.78 is 11.1. The molecule has 1 heterocycles. The molecule has 0 aromatic heterocycles. The van der Waals surface area contributed by atoms with Gasteiger partial charge in [-0.2, -0.15) is 0 Å². The molecule has 0 bridgehead atoms. The van der Waals surface area contributed by atoms with E-state index in [1.807, 2.05) is 27.7 Å². The van der Waals surface area contributed by atoms with E-state index in [0.29, 0.717) is 19.2 Å². The predicted octanol–water partition coefficient (Wildman–Crippen LogP) is 1.66. The summed E-state index contributed by atoms with van der Waals surface area (Å²) in [4.78, 5) is 16.1. The highest BCUT2D eigenvalue weighted by Gasteiger charge is 2.15. The van der Waals surface area contributed by atoms with Crippen LogP contribution in [0.3, 0.4) is 0 Å². The maximum absolute atomic E-state index is 11.8. The summed E-state index contributed by atoms with van der Waals surface area (Å²) in [6.07, 6.45) is 3.40. The summed E-state index contributed by atoms with van der Waals surface area (Å²) in [7, 11) is 0. The van der Waals surface area contributed by atoms with E-state index in [1.54, 1.807) is 0 Å². The molecule has 1 saturated heterocycles. The lowest BCUT2D eigenvalue weighted by Gasteiger charge is -2.20. The summed E-state index contributed by atoms with van der Waals surface area (Å²) >= 11 is 0. The molecule has 7 nitrogen and oxygen atoms in total. The van der Waals surface area contributed by atoms with Crippen LogP contribution >= 0.6 is 24.0 Å². The largest absolute Gasteiger partial charge is 0.379 e. The molecule has 148 valence electrons. The topological polar surface area (TPSA) is 84.0 Å². The third kappa shape index (κ3) is 13.3. The van der Waals surface area contributed by atoms with Gasteiger partial charge in [-0.05, 0) is 47.0 Å². The quantitative estimate of drug-likeness (QED) is 0.207. The van der Waals surface area contributed by atoms with Crippen LogP contribution in [0, 0.1) is 0 Å². The molecule has 0 radical (unpaired) electrons. The van der Waals surface area contributed by atoms with Gasteiger partial charge in [0.1, 0.15) is 6.54 Å². The smallest absolute Gasteiger partial charge is 0.242 e. The van der Waals surface area contributed by atoms with Gasteiger partial charge < -0.3 is 25.4 Å². The zero-order valence-electron chi connectivity index (χ0n) is 16.0. The SMILES string of the molecule is CCNC(=NCC(=O)NC(C)(C)C)NCCCOCC1CCCO1.I. The van der Waals surface area contributed by atoms with Gasteiger partial charge >= 0.3 is 0 Å². The van der Waals surface area contributed by atoms with Crippen LogP contribution in [-0.2, 0) is 14.3 Å². The average molecular weight is 470 g/mol.